The Hall–Kier alpha value is -2.84. The third kappa shape index (κ3) is 3.59. The Morgan fingerprint density at radius 2 is 2.19 bits per heavy atom. The number of halogens is 2. The van der Waals surface area contributed by atoms with Crippen LogP contribution in [0.1, 0.15) is 43.9 Å². The Labute approximate surface area is 179 Å². The minimum absolute atomic E-state index is 0.0644. The summed E-state index contributed by atoms with van der Waals surface area (Å²) in [5, 5.41) is 8.66. The van der Waals surface area contributed by atoms with Gasteiger partial charge in [0, 0.05) is 38.2 Å². The number of rotatable bonds is 6. The van der Waals surface area contributed by atoms with Crippen LogP contribution in [0.25, 0.3) is 0 Å². The highest BCUT2D eigenvalue weighted by Gasteiger charge is 2.59. The fourth-order valence-corrected chi connectivity index (χ4v) is 4.52. The number of hydrogen-bond donors (Lipinski definition) is 1. The van der Waals surface area contributed by atoms with Crippen LogP contribution in [0, 0.1) is 23.7 Å². The Morgan fingerprint density at radius 1 is 1.45 bits per heavy atom. The van der Waals surface area contributed by atoms with E-state index in [-0.39, 0.29) is 29.6 Å². The van der Waals surface area contributed by atoms with E-state index >= 15 is 0 Å². The molecule has 2 fully saturated rings. The zero-order chi connectivity index (χ0) is 22.6. The molecule has 0 spiro atoms. The number of aryl methyl sites for hydroxylation is 1. The number of nitrogens with zero attached hydrogens (tertiary/aromatic N) is 3. The van der Waals surface area contributed by atoms with Crippen molar-refractivity contribution < 1.29 is 23.1 Å². The maximum Gasteiger partial charge on any atom is 0.278 e. The number of pyridine rings is 1. The Morgan fingerprint density at radius 3 is 2.74 bits per heavy atom. The molecule has 3 unspecified atom stereocenters. The van der Waals surface area contributed by atoms with E-state index in [1.165, 1.54) is 11.1 Å². The first kappa shape index (κ1) is 21.4. The standard InChI is InChI=1S/C22H26F2N4O3/c1-13-9-15(10-26-18(13)31-12-21(3,23)24)14(2)28-11-22(7-6-16(22)19(28)30)20(25)27-8-4-5-17(27)29/h6-7,9-10,14,16,25H,4-5,8,11-12H2,1-3H3. The van der Waals surface area contributed by atoms with Gasteiger partial charge in [-0.2, -0.15) is 0 Å². The van der Waals surface area contributed by atoms with E-state index in [4.69, 9.17) is 10.1 Å². The molecule has 1 aromatic rings. The van der Waals surface area contributed by atoms with Crippen molar-refractivity contribution in [3.8, 4) is 5.88 Å². The topological polar surface area (TPSA) is 86.6 Å². The molecule has 4 rings (SSSR count). The van der Waals surface area contributed by atoms with Gasteiger partial charge in [0.15, 0.2) is 6.61 Å². The summed E-state index contributed by atoms with van der Waals surface area (Å²) in [6.07, 6.45) is 6.36. The smallest absolute Gasteiger partial charge is 0.278 e. The molecule has 9 heteroatoms. The van der Waals surface area contributed by atoms with Crippen molar-refractivity contribution in [3.63, 3.8) is 0 Å². The number of nitrogens with one attached hydrogen (secondary N) is 1. The summed E-state index contributed by atoms with van der Waals surface area (Å²) in [5.41, 5.74) is 0.581. The van der Waals surface area contributed by atoms with Crippen LogP contribution in [0.3, 0.4) is 0 Å². The summed E-state index contributed by atoms with van der Waals surface area (Å²) < 4.78 is 31.3. The van der Waals surface area contributed by atoms with Gasteiger partial charge in [0.2, 0.25) is 17.7 Å². The maximum atomic E-state index is 13.1. The normalized spacial score (nSPS) is 26.2. The van der Waals surface area contributed by atoms with E-state index in [0.717, 1.165) is 18.9 Å². The fourth-order valence-electron chi connectivity index (χ4n) is 4.52. The number of carbonyl (C=O) groups excluding carboxylic acids is 2. The van der Waals surface area contributed by atoms with Crippen LogP contribution in [-0.2, 0) is 9.59 Å². The van der Waals surface area contributed by atoms with Gasteiger partial charge < -0.3 is 9.64 Å². The number of amides is 2. The molecule has 7 nitrogen and oxygen atoms in total. The van der Waals surface area contributed by atoms with Gasteiger partial charge >= 0.3 is 0 Å². The molecule has 0 saturated carbocycles. The maximum absolute atomic E-state index is 13.1. The van der Waals surface area contributed by atoms with E-state index in [0.29, 0.717) is 25.1 Å². The lowest BCUT2D eigenvalue weighted by molar-refractivity contribution is -0.132. The molecule has 3 aliphatic rings. The molecule has 0 bridgehead atoms. The molecule has 2 aliphatic heterocycles. The monoisotopic (exact) mass is 432 g/mol. The summed E-state index contributed by atoms with van der Waals surface area (Å²) in [7, 11) is 0. The number of alkyl halides is 2. The molecule has 1 aromatic heterocycles. The quantitative estimate of drug-likeness (QED) is 0.425. The predicted molar refractivity (Wildman–Crippen MR) is 109 cm³/mol. The number of ether oxygens (including phenoxy) is 1. The second-order valence-corrected chi connectivity index (χ2v) is 8.77. The predicted octanol–water partition coefficient (Wildman–Crippen LogP) is 3.10. The molecule has 0 aromatic carbocycles. The second kappa shape index (κ2) is 7.39. The van der Waals surface area contributed by atoms with Gasteiger partial charge in [0.05, 0.1) is 17.4 Å². The number of likely N-dealkylation sites (tertiary alicyclic amines) is 2. The van der Waals surface area contributed by atoms with Gasteiger partial charge in [-0.05, 0) is 31.9 Å². The molecule has 1 N–H and O–H groups in total. The van der Waals surface area contributed by atoms with Gasteiger partial charge in [-0.25, -0.2) is 13.8 Å². The molecule has 2 amide bonds. The zero-order valence-electron chi connectivity index (χ0n) is 17.8. The number of amidine groups is 1. The highest BCUT2D eigenvalue weighted by Crippen LogP contribution is 2.50. The first-order valence-electron chi connectivity index (χ1n) is 10.4. The van der Waals surface area contributed by atoms with Crippen LogP contribution in [-0.4, -0.2) is 58.1 Å². The fraction of sp³-hybridized carbons (Fsp3) is 0.545. The van der Waals surface area contributed by atoms with Gasteiger partial charge in [-0.1, -0.05) is 12.2 Å². The summed E-state index contributed by atoms with van der Waals surface area (Å²) in [5.74, 6) is -3.22. The van der Waals surface area contributed by atoms with E-state index in [2.05, 4.69) is 4.98 Å². The SMILES string of the molecule is Cc1cc(C(C)N2CC3(C(=N)N4CCCC4=O)C=CC3C2=O)cnc1OCC(C)(F)F. The van der Waals surface area contributed by atoms with E-state index < -0.39 is 23.9 Å². The lowest BCUT2D eigenvalue weighted by atomic mass is 9.67. The largest absolute Gasteiger partial charge is 0.471 e. The highest BCUT2D eigenvalue weighted by molar-refractivity contribution is 6.07. The lowest BCUT2D eigenvalue weighted by Gasteiger charge is -2.39. The van der Waals surface area contributed by atoms with Crippen molar-refractivity contribution in [1.82, 2.24) is 14.8 Å². The van der Waals surface area contributed by atoms with Gasteiger partial charge in [0.25, 0.3) is 5.92 Å². The number of aromatic nitrogens is 1. The van der Waals surface area contributed by atoms with Crippen LogP contribution in [0.15, 0.2) is 24.4 Å². The Kier molecular flexibility index (Phi) is 5.10. The molecule has 31 heavy (non-hydrogen) atoms. The average Bonchev–Trinajstić information content (AvgIpc) is 3.18. The minimum atomic E-state index is -2.95. The van der Waals surface area contributed by atoms with Crippen molar-refractivity contribution in [2.45, 2.75) is 45.6 Å². The van der Waals surface area contributed by atoms with Gasteiger partial charge in [-0.3, -0.25) is 19.9 Å². The van der Waals surface area contributed by atoms with Crippen LogP contribution in [0.4, 0.5) is 8.78 Å². The van der Waals surface area contributed by atoms with Crippen molar-refractivity contribution in [3.05, 3.63) is 35.5 Å². The van der Waals surface area contributed by atoms with E-state index in [1.807, 2.05) is 13.0 Å². The van der Waals surface area contributed by atoms with E-state index in [1.54, 1.807) is 24.0 Å². The minimum Gasteiger partial charge on any atom is -0.471 e. The molecule has 1 aliphatic carbocycles. The molecule has 2 saturated heterocycles. The number of fused-ring (bicyclic) bond motifs is 1. The highest BCUT2D eigenvalue weighted by atomic mass is 19.3. The van der Waals surface area contributed by atoms with Crippen LogP contribution in [0.2, 0.25) is 0 Å². The molecule has 3 heterocycles. The van der Waals surface area contributed by atoms with Crippen molar-refractivity contribution >= 4 is 17.6 Å². The summed E-state index contributed by atoms with van der Waals surface area (Å²) >= 11 is 0. The first-order valence-corrected chi connectivity index (χ1v) is 10.4. The molecular formula is C22H26F2N4O3. The average molecular weight is 432 g/mol. The second-order valence-electron chi connectivity index (χ2n) is 8.77. The lowest BCUT2D eigenvalue weighted by Crippen LogP contribution is -2.50. The molecule has 0 radical (unpaired) electrons. The third-order valence-electron chi connectivity index (χ3n) is 6.37. The van der Waals surface area contributed by atoms with Crippen molar-refractivity contribution in [2.24, 2.45) is 11.3 Å². The molecule has 166 valence electrons. The van der Waals surface area contributed by atoms with Gasteiger partial charge in [0.1, 0.15) is 5.84 Å². The van der Waals surface area contributed by atoms with Crippen molar-refractivity contribution in [2.75, 3.05) is 19.7 Å². The summed E-state index contributed by atoms with van der Waals surface area (Å²) in [4.78, 5) is 32.6. The Balaban J connectivity index is 1.51. The third-order valence-corrected chi connectivity index (χ3v) is 6.37. The zero-order valence-corrected chi connectivity index (χ0v) is 17.8. The van der Waals surface area contributed by atoms with Crippen molar-refractivity contribution in [1.29, 1.82) is 5.41 Å². The van der Waals surface area contributed by atoms with Crippen LogP contribution < -0.4 is 4.74 Å². The van der Waals surface area contributed by atoms with Crippen LogP contribution in [0.5, 0.6) is 5.88 Å². The van der Waals surface area contributed by atoms with Crippen LogP contribution >= 0.6 is 0 Å². The Bertz CT molecular complexity index is 974. The number of carbonyl (C=O) groups is 2. The first-order chi connectivity index (χ1) is 14.5. The van der Waals surface area contributed by atoms with Gasteiger partial charge in [-0.15, -0.1) is 0 Å². The molecular weight excluding hydrogens is 406 g/mol. The summed E-state index contributed by atoms with van der Waals surface area (Å²) in [6, 6.07) is 1.45. The van der Waals surface area contributed by atoms with E-state index in [9.17, 15) is 18.4 Å². The number of hydrogen-bond acceptors (Lipinski definition) is 5. The summed E-state index contributed by atoms with van der Waals surface area (Å²) in [6.45, 7) is 4.45. The molecule has 3 atom stereocenters.